The molecule has 0 bridgehead atoms. The van der Waals surface area contributed by atoms with E-state index in [0.717, 1.165) is 43.2 Å². The summed E-state index contributed by atoms with van der Waals surface area (Å²) in [5.41, 5.74) is 6.02. The van der Waals surface area contributed by atoms with Crippen LogP contribution in [-0.4, -0.2) is 41.6 Å². The summed E-state index contributed by atoms with van der Waals surface area (Å²) in [6.45, 7) is 2.36. The minimum absolute atomic E-state index is 0. The number of halogens is 2. The largest absolute Gasteiger partial charge is 0.356 e. The summed E-state index contributed by atoms with van der Waals surface area (Å²) < 4.78 is 0. The Labute approximate surface area is 164 Å². The molecule has 0 aliphatic carbocycles. The van der Waals surface area contributed by atoms with E-state index in [9.17, 15) is 4.79 Å². The Morgan fingerprint density at radius 3 is 2.72 bits per heavy atom. The second kappa shape index (κ2) is 10.6. The van der Waals surface area contributed by atoms with Crippen LogP contribution in [0.3, 0.4) is 0 Å². The van der Waals surface area contributed by atoms with Crippen LogP contribution >= 0.6 is 36.2 Å². The lowest BCUT2D eigenvalue weighted by atomic mass is 10.0. The van der Waals surface area contributed by atoms with Gasteiger partial charge in [-0.3, -0.25) is 4.79 Å². The van der Waals surface area contributed by atoms with Gasteiger partial charge in [0.05, 0.1) is 5.01 Å². The molecule has 1 fully saturated rings. The number of hydrogen-bond donors (Lipinski definition) is 2. The van der Waals surface area contributed by atoms with Crippen molar-refractivity contribution >= 4 is 47.9 Å². The number of carbonyl (C=O) groups is 1. The number of pyridine rings is 1. The van der Waals surface area contributed by atoms with Crippen molar-refractivity contribution in [3.8, 4) is 0 Å². The van der Waals surface area contributed by atoms with Crippen LogP contribution in [0.15, 0.2) is 29.8 Å². The standard InChI is InChI=1S/C16H21N5OS.2ClH/c17-7-4-15-20-13(11-23-15)16(22)19-12-5-9-21(10-6-12)14-3-1-2-8-18-14;;/h1-3,8,11-12H,4-7,9-10,17H2,(H,19,22);2*1H. The summed E-state index contributed by atoms with van der Waals surface area (Å²) in [6.07, 6.45) is 4.37. The monoisotopic (exact) mass is 403 g/mol. The molecule has 0 aromatic carbocycles. The summed E-state index contributed by atoms with van der Waals surface area (Å²) in [5, 5.41) is 5.82. The van der Waals surface area contributed by atoms with Crippen LogP contribution in [0.25, 0.3) is 0 Å². The number of thiazole rings is 1. The smallest absolute Gasteiger partial charge is 0.270 e. The molecule has 0 saturated carbocycles. The van der Waals surface area contributed by atoms with Crippen LogP contribution in [-0.2, 0) is 6.42 Å². The van der Waals surface area contributed by atoms with E-state index in [1.54, 1.807) is 0 Å². The van der Waals surface area contributed by atoms with Crippen LogP contribution in [0.1, 0.15) is 28.3 Å². The highest BCUT2D eigenvalue weighted by atomic mass is 35.5. The van der Waals surface area contributed by atoms with Crippen molar-refractivity contribution in [3.05, 3.63) is 40.5 Å². The maximum atomic E-state index is 12.3. The Balaban J connectivity index is 0.00000156. The van der Waals surface area contributed by atoms with Crippen molar-refractivity contribution in [2.75, 3.05) is 24.5 Å². The van der Waals surface area contributed by atoms with Crippen molar-refractivity contribution in [2.45, 2.75) is 25.3 Å². The van der Waals surface area contributed by atoms with Gasteiger partial charge in [-0.2, -0.15) is 0 Å². The Morgan fingerprint density at radius 1 is 1.32 bits per heavy atom. The maximum absolute atomic E-state index is 12.3. The summed E-state index contributed by atoms with van der Waals surface area (Å²) in [4.78, 5) is 23.2. The third-order valence-corrected chi connectivity index (χ3v) is 4.85. The Hall–Kier alpha value is -1.41. The zero-order chi connectivity index (χ0) is 16.1. The number of rotatable bonds is 5. The number of nitrogens with zero attached hydrogens (tertiary/aromatic N) is 3. The van der Waals surface area contributed by atoms with Crippen LogP contribution in [0.5, 0.6) is 0 Å². The maximum Gasteiger partial charge on any atom is 0.270 e. The molecule has 0 spiro atoms. The topological polar surface area (TPSA) is 84.1 Å². The average Bonchev–Trinajstić information content (AvgIpc) is 3.06. The van der Waals surface area contributed by atoms with Crippen molar-refractivity contribution in [1.82, 2.24) is 15.3 Å². The molecule has 2 aromatic heterocycles. The number of nitrogens with two attached hydrogens (primary N) is 1. The molecule has 25 heavy (non-hydrogen) atoms. The Morgan fingerprint density at radius 2 is 2.08 bits per heavy atom. The quantitative estimate of drug-likeness (QED) is 0.799. The first-order chi connectivity index (χ1) is 11.3. The molecule has 138 valence electrons. The SMILES string of the molecule is Cl.Cl.NCCc1nc(C(=O)NC2CCN(c3ccccn3)CC2)cs1. The second-order valence-electron chi connectivity index (χ2n) is 5.59. The number of carbonyl (C=O) groups excluding carboxylic acids is 1. The molecule has 9 heteroatoms. The Kier molecular flexibility index (Phi) is 9.13. The van der Waals surface area contributed by atoms with E-state index in [1.165, 1.54) is 11.3 Å². The third kappa shape index (κ3) is 5.81. The average molecular weight is 404 g/mol. The highest BCUT2D eigenvalue weighted by molar-refractivity contribution is 7.09. The number of amides is 1. The molecule has 1 aliphatic rings. The van der Waals surface area contributed by atoms with E-state index >= 15 is 0 Å². The fraction of sp³-hybridized carbons (Fsp3) is 0.438. The molecule has 1 aliphatic heterocycles. The van der Waals surface area contributed by atoms with Gasteiger partial charge in [0.2, 0.25) is 0 Å². The summed E-state index contributed by atoms with van der Waals surface area (Å²) in [5.74, 6) is 0.920. The molecule has 6 nitrogen and oxygen atoms in total. The zero-order valence-corrected chi connectivity index (χ0v) is 16.2. The molecule has 0 atom stereocenters. The highest BCUT2D eigenvalue weighted by Gasteiger charge is 2.22. The van der Waals surface area contributed by atoms with Gasteiger partial charge in [0.25, 0.3) is 5.91 Å². The Bertz CT molecular complexity index is 647. The lowest BCUT2D eigenvalue weighted by Gasteiger charge is -2.33. The molecule has 3 heterocycles. The predicted octanol–water partition coefficient (Wildman–Crippen LogP) is 2.28. The second-order valence-corrected chi connectivity index (χ2v) is 6.53. The number of nitrogens with one attached hydrogen (secondary N) is 1. The predicted molar refractivity (Wildman–Crippen MR) is 106 cm³/mol. The van der Waals surface area contributed by atoms with Gasteiger partial charge >= 0.3 is 0 Å². The molecule has 0 radical (unpaired) electrons. The zero-order valence-electron chi connectivity index (χ0n) is 13.8. The van der Waals surface area contributed by atoms with E-state index < -0.39 is 0 Å². The van der Waals surface area contributed by atoms with Crippen molar-refractivity contribution in [1.29, 1.82) is 0 Å². The summed E-state index contributed by atoms with van der Waals surface area (Å²) in [6, 6.07) is 6.13. The van der Waals surface area contributed by atoms with Crippen LogP contribution in [0.4, 0.5) is 5.82 Å². The van der Waals surface area contributed by atoms with E-state index in [0.29, 0.717) is 12.2 Å². The highest BCUT2D eigenvalue weighted by Crippen LogP contribution is 2.18. The van der Waals surface area contributed by atoms with E-state index in [1.807, 2.05) is 29.8 Å². The fourth-order valence-electron chi connectivity index (χ4n) is 2.71. The number of anilines is 1. The van der Waals surface area contributed by atoms with E-state index in [-0.39, 0.29) is 36.8 Å². The van der Waals surface area contributed by atoms with Crippen LogP contribution in [0, 0.1) is 0 Å². The lowest BCUT2D eigenvalue weighted by molar-refractivity contribution is 0.0926. The first kappa shape index (κ1) is 21.6. The molecule has 2 aromatic rings. The van der Waals surface area contributed by atoms with Gasteiger partial charge in [-0.15, -0.1) is 36.2 Å². The number of aromatic nitrogens is 2. The normalized spacial score (nSPS) is 14.4. The van der Waals surface area contributed by atoms with Crippen molar-refractivity contribution in [2.24, 2.45) is 5.73 Å². The van der Waals surface area contributed by atoms with E-state index in [2.05, 4.69) is 20.2 Å². The molecule has 3 rings (SSSR count). The summed E-state index contributed by atoms with van der Waals surface area (Å²) >= 11 is 1.49. The molecule has 1 amide bonds. The molecular formula is C16H23Cl2N5OS. The molecule has 3 N–H and O–H groups in total. The molecule has 0 unspecified atom stereocenters. The van der Waals surface area contributed by atoms with Gasteiger partial charge in [0.15, 0.2) is 0 Å². The number of piperidine rings is 1. The number of hydrogen-bond acceptors (Lipinski definition) is 6. The third-order valence-electron chi connectivity index (χ3n) is 3.95. The van der Waals surface area contributed by atoms with Crippen molar-refractivity contribution < 1.29 is 4.79 Å². The van der Waals surface area contributed by atoms with Gasteiger partial charge < -0.3 is 16.0 Å². The fourth-order valence-corrected chi connectivity index (χ4v) is 3.50. The first-order valence-electron chi connectivity index (χ1n) is 7.87. The van der Waals surface area contributed by atoms with Crippen LogP contribution < -0.4 is 16.0 Å². The van der Waals surface area contributed by atoms with Gasteiger partial charge in [0.1, 0.15) is 11.5 Å². The first-order valence-corrected chi connectivity index (χ1v) is 8.75. The minimum Gasteiger partial charge on any atom is -0.356 e. The lowest BCUT2D eigenvalue weighted by Crippen LogP contribution is -2.45. The van der Waals surface area contributed by atoms with Crippen molar-refractivity contribution in [3.63, 3.8) is 0 Å². The molecule has 1 saturated heterocycles. The van der Waals surface area contributed by atoms with Crippen LogP contribution in [0.2, 0.25) is 0 Å². The van der Waals surface area contributed by atoms with E-state index in [4.69, 9.17) is 5.73 Å². The van der Waals surface area contributed by atoms with Gasteiger partial charge in [0, 0.05) is 37.1 Å². The van der Waals surface area contributed by atoms with Gasteiger partial charge in [-0.25, -0.2) is 9.97 Å². The van der Waals surface area contributed by atoms with Gasteiger partial charge in [-0.05, 0) is 31.5 Å². The minimum atomic E-state index is -0.0826. The van der Waals surface area contributed by atoms with Gasteiger partial charge in [-0.1, -0.05) is 6.07 Å². The summed E-state index contributed by atoms with van der Waals surface area (Å²) in [7, 11) is 0. The molecular weight excluding hydrogens is 381 g/mol.